The van der Waals surface area contributed by atoms with E-state index in [1.54, 1.807) is 25.3 Å². The third kappa shape index (κ3) is 2.23. The summed E-state index contributed by atoms with van der Waals surface area (Å²) in [6, 6.07) is 7.78. The van der Waals surface area contributed by atoms with Crippen LogP contribution in [0.3, 0.4) is 0 Å². The predicted octanol–water partition coefficient (Wildman–Crippen LogP) is 3.07. The number of aryl methyl sites for hydroxylation is 2. The maximum absolute atomic E-state index is 13.2. The van der Waals surface area contributed by atoms with E-state index in [4.69, 9.17) is 0 Å². The van der Waals surface area contributed by atoms with Crippen LogP contribution in [0.25, 0.3) is 0 Å². The summed E-state index contributed by atoms with van der Waals surface area (Å²) in [5.41, 5.74) is 2.29. The molecule has 0 saturated heterocycles. The molecule has 0 bridgehead atoms. The lowest BCUT2D eigenvalue weighted by Gasteiger charge is -2.06. The third-order valence-corrected chi connectivity index (χ3v) is 2.67. The molecule has 0 spiro atoms. The zero-order valence-corrected chi connectivity index (χ0v) is 9.70. The van der Waals surface area contributed by atoms with Crippen LogP contribution in [-0.4, -0.2) is 10.8 Å². The Morgan fingerprint density at radius 3 is 2.65 bits per heavy atom. The first kappa shape index (κ1) is 11.5. The van der Waals surface area contributed by atoms with Crippen molar-refractivity contribution in [1.82, 2.24) is 4.98 Å². The van der Waals surface area contributed by atoms with E-state index in [2.05, 4.69) is 4.98 Å². The third-order valence-electron chi connectivity index (χ3n) is 2.67. The molecule has 2 aromatic rings. The van der Waals surface area contributed by atoms with Crippen LogP contribution in [0.15, 0.2) is 36.5 Å². The lowest BCUT2D eigenvalue weighted by Crippen LogP contribution is -2.08. The maximum Gasteiger partial charge on any atom is 0.211 e. The molecule has 0 aliphatic heterocycles. The van der Waals surface area contributed by atoms with Gasteiger partial charge < -0.3 is 0 Å². The molecule has 1 aromatic carbocycles. The molecule has 0 fully saturated rings. The normalized spacial score (nSPS) is 10.3. The Balaban J connectivity index is 2.51. The van der Waals surface area contributed by atoms with Crippen molar-refractivity contribution >= 4 is 5.78 Å². The molecular weight excluding hydrogens is 217 g/mol. The molecule has 86 valence electrons. The van der Waals surface area contributed by atoms with Gasteiger partial charge in [0.25, 0.3) is 0 Å². The highest BCUT2D eigenvalue weighted by molar-refractivity contribution is 6.09. The van der Waals surface area contributed by atoms with Gasteiger partial charge >= 0.3 is 0 Å². The van der Waals surface area contributed by atoms with Crippen molar-refractivity contribution in [2.45, 2.75) is 13.8 Å². The number of carbonyl (C=O) groups is 1. The number of hydrogen-bond acceptors (Lipinski definition) is 2. The zero-order chi connectivity index (χ0) is 12.4. The second-order valence-electron chi connectivity index (χ2n) is 3.96. The van der Waals surface area contributed by atoms with Gasteiger partial charge in [-0.25, -0.2) is 4.39 Å². The Labute approximate surface area is 99.1 Å². The van der Waals surface area contributed by atoms with Crippen LogP contribution >= 0.6 is 0 Å². The minimum atomic E-state index is -0.410. The second kappa shape index (κ2) is 4.45. The van der Waals surface area contributed by atoms with Gasteiger partial charge in [0.05, 0.1) is 0 Å². The van der Waals surface area contributed by atoms with Crippen LogP contribution in [-0.2, 0) is 0 Å². The van der Waals surface area contributed by atoms with Crippen LogP contribution in [0.1, 0.15) is 27.2 Å². The highest BCUT2D eigenvalue weighted by Gasteiger charge is 2.15. The summed E-state index contributed by atoms with van der Waals surface area (Å²) >= 11 is 0. The number of halogens is 1. The van der Waals surface area contributed by atoms with Crippen molar-refractivity contribution in [3.8, 4) is 0 Å². The number of pyridine rings is 1. The van der Waals surface area contributed by atoms with Crippen molar-refractivity contribution in [2.75, 3.05) is 0 Å². The first-order chi connectivity index (χ1) is 8.09. The van der Waals surface area contributed by atoms with Gasteiger partial charge in [-0.15, -0.1) is 0 Å². The number of hydrogen-bond donors (Lipinski definition) is 0. The molecule has 17 heavy (non-hydrogen) atoms. The van der Waals surface area contributed by atoms with E-state index in [0.29, 0.717) is 11.3 Å². The fourth-order valence-electron chi connectivity index (χ4n) is 1.69. The highest BCUT2D eigenvalue weighted by Crippen LogP contribution is 2.16. The summed E-state index contributed by atoms with van der Waals surface area (Å²) in [7, 11) is 0. The molecule has 0 aliphatic carbocycles. The number of ketones is 1. The minimum Gasteiger partial charge on any atom is -0.287 e. The molecule has 0 N–H and O–H groups in total. The summed E-state index contributed by atoms with van der Waals surface area (Å²) < 4.78 is 13.2. The largest absolute Gasteiger partial charge is 0.287 e. The van der Waals surface area contributed by atoms with Crippen LogP contribution < -0.4 is 0 Å². The molecule has 3 heteroatoms. The quantitative estimate of drug-likeness (QED) is 0.741. The highest BCUT2D eigenvalue weighted by atomic mass is 19.1. The van der Waals surface area contributed by atoms with Gasteiger partial charge in [0.2, 0.25) is 5.78 Å². The van der Waals surface area contributed by atoms with Crippen LogP contribution in [0.2, 0.25) is 0 Å². The number of carbonyl (C=O) groups excluding carboxylic acids is 1. The van der Waals surface area contributed by atoms with E-state index in [9.17, 15) is 9.18 Å². The van der Waals surface area contributed by atoms with Crippen LogP contribution in [0.4, 0.5) is 4.39 Å². The Morgan fingerprint density at radius 1 is 1.18 bits per heavy atom. The van der Waals surface area contributed by atoms with Crippen molar-refractivity contribution < 1.29 is 9.18 Å². The molecule has 0 aliphatic rings. The van der Waals surface area contributed by atoms with E-state index in [-0.39, 0.29) is 5.78 Å². The monoisotopic (exact) mass is 229 g/mol. The minimum absolute atomic E-state index is 0.236. The number of aromatic nitrogens is 1. The summed E-state index contributed by atoms with van der Waals surface area (Å²) in [6.45, 7) is 3.60. The topological polar surface area (TPSA) is 30.0 Å². The standard InChI is InChI=1S/C14H12FNO/c1-9-5-6-11(15)8-12(9)14(17)13-10(2)4-3-7-16-13/h3-8H,1-2H3. The molecule has 1 heterocycles. The summed E-state index contributed by atoms with van der Waals surface area (Å²) in [6.07, 6.45) is 1.56. The SMILES string of the molecule is Cc1ccc(F)cc1C(=O)c1ncccc1C. The van der Waals surface area contributed by atoms with Gasteiger partial charge in [0.15, 0.2) is 0 Å². The number of rotatable bonds is 2. The first-order valence-electron chi connectivity index (χ1n) is 5.32. The summed E-state index contributed by atoms with van der Waals surface area (Å²) in [5, 5.41) is 0. The van der Waals surface area contributed by atoms with E-state index in [0.717, 1.165) is 11.1 Å². The molecular formula is C14H12FNO. The zero-order valence-electron chi connectivity index (χ0n) is 9.70. The van der Waals surface area contributed by atoms with Gasteiger partial charge in [-0.3, -0.25) is 9.78 Å². The Hall–Kier alpha value is -2.03. The number of benzene rings is 1. The Morgan fingerprint density at radius 2 is 1.94 bits per heavy atom. The lowest BCUT2D eigenvalue weighted by molar-refractivity contribution is 0.103. The molecule has 0 amide bonds. The summed E-state index contributed by atoms with van der Waals surface area (Å²) in [4.78, 5) is 16.3. The van der Waals surface area contributed by atoms with Gasteiger partial charge in [-0.05, 0) is 43.2 Å². The fourth-order valence-corrected chi connectivity index (χ4v) is 1.69. The van der Waals surface area contributed by atoms with E-state index < -0.39 is 5.82 Å². The Kier molecular flexibility index (Phi) is 3.00. The van der Waals surface area contributed by atoms with Crippen LogP contribution in [0, 0.1) is 19.7 Å². The van der Waals surface area contributed by atoms with Crippen LogP contribution in [0.5, 0.6) is 0 Å². The average Bonchev–Trinajstić information content (AvgIpc) is 2.32. The van der Waals surface area contributed by atoms with Gasteiger partial charge in [0.1, 0.15) is 11.5 Å². The summed E-state index contributed by atoms with van der Waals surface area (Å²) in [5.74, 6) is -0.646. The molecule has 0 unspecified atom stereocenters. The molecule has 0 atom stereocenters. The molecule has 2 rings (SSSR count). The fraction of sp³-hybridized carbons (Fsp3) is 0.143. The predicted molar refractivity (Wildman–Crippen MR) is 63.5 cm³/mol. The molecule has 0 radical (unpaired) electrons. The van der Waals surface area contributed by atoms with Gasteiger partial charge in [-0.1, -0.05) is 12.1 Å². The maximum atomic E-state index is 13.2. The van der Waals surface area contributed by atoms with E-state index >= 15 is 0 Å². The molecule has 1 aromatic heterocycles. The molecule has 2 nitrogen and oxygen atoms in total. The Bertz CT molecular complexity index is 578. The average molecular weight is 229 g/mol. The van der Waals surface area contributed by atoms with Gasteiger partial charge in [-0.2, -0.15) is 0 Å². The van der Waals surface area contributed by atoms with Crippen molar-refractivity contribution in [3.63, 3.8) is 0 Å². The smallest absolute Gasteiger partial charge is 0.211 e. The van der Waals surface area contributed by atoms with Crippen molar-refractivity contribution in [3.05, 3.63) is 64.7 Å². The molecule has 0 saturated carbocycles. The second-order valence-corrected chi connectivity index (χ2v) is 3.96. The van der Waals surface area contributed by atoms with Crippen molar-refractivity contribution in [2.24, 2.45) is 0 Å². The van der Waals surface area contributed by atoms with Crippen molar-refractivity contribution in [1.29, 1.82) is 0 Å². The first-order valence-corrected chi connectivity index (χ1v) is 5.32. The number of nitrogens with zero attached hydrogens (tertiary/aromatic N) is 1. The van der Waals surface area contributed by atoms with Gasteiger partial charge in [0, 0.05) is 11.8 Å². The van der Waals surface area contributed by atoms with E-state index in [1.165, 1.54) is 12.1 Å². The lowest BCUT2D eigenvalue weighted by atomic mass is 10.00. The van der Waals surface area contributed by atoms with E-state index in [1.807, 2.05) is 13.0 Å².